The summed E-state index contributed by atoms with van der Waals surface area (Å²) < 4.78 is 6.65. The van der Waals surface area contributed by atoms with Crippen LogP contribution in [-0.2, 0) is 17.7 Å². The molecule has 0 aliphatic heterocycles. The first-order valence-electron chi connectivity index (χ1n) is 4.91. The Kier molecular flexibility index (Phi) is 4.23. The van der Waals surface area contributed by atoms with Crippen LogP contribution in [0.15, 0.2) is 0 Å². The lowest BCUT2D eigenvalue weighted by Gasteiger charge is -2.04. The van der Waals surface area contributed by atoms with Crippen molar-refractivity contribution in [1.82, 2.24) is 15.0 Å². The normalized spacial score (nSPS) is 10.5. The molecule has 84 valence electrons. The fourth-order valence-corrected chi connectivity index (χ4v) is 1.41. The molecule has 6 heteroatoms. The Morgan fingerprint density at radius 1 is 1.60 bits per heavy atom. The molecule has 0 bridgehead atoms. The number of nitrogens with zero attached hydrogens (tertiary/aromatic N) is 3. The molecule has 0 radical (unpaired) electrons. The molecule has 0 aliphatic carbocycles. The fraction of sp³-hybridized carbons (Fsp3) is 0.667. The summed E-state index contributed by atoms with van der Waals surface area (Å²) in [5.74, 6) is -0.523. The first kappa shape index (κ1) is 11.6. The molecule has 0 spiro atoms. The Morgan fingerprint density at radius 2 is 2.33 bits per heavy atom. The summed E-state index contributed by atoms with van der Waals surface area (Å²) in [4.78, 5) is 11.0. The van der Waals surface area contributed by atoms with Crippen molar-refractivity contribution < 1.29 is 9.53 Å². The average molecular weight is 212 g/mol. The van der Waals surface area contributed by atoms with Gasteiger partial charge in [0.25, 0.3) is 5.91 Å². The van der Waals surface area contributed by atoms with E-state index in [4.69, 9.17) is 10.5 Å². The lowest BCUT2D eigenvalue weighted by atomic mass is 10.2. The van der Waals surface area contributed by atoms with Crippen LogP contribution >= 0.6 is 0 Å². The number of carbonyl (C=O) groups is 1. The molecule has 15 heavy (non-hydrogen) atoms. The number of rotatable bonds is 6. The molecular formula is C9H16N4O2. The Morgan fingerprint density at radius 3 is 2.87 bits per heavy atom. The van der Waals surface area contributed by atoms with E-state index in [0.717, 1.165) is 12.1 Å². The number of primary amides is 1. The molecule has 0 fully saturated rings. The van der Waals surface area contributed by atoms with Gasteiger partial charge in [0.15, 0.2) is 5.69 Å². The van der Waals surface area contributed by atoms with E-state index >= 15 is 0 Å². The van der Waals surface area contributed by atoms with Crippen LogP contribution in [0.4, 0.5) is 0 Å². The maximum Gasteiger partial charge on any atom is 0.271 e. The third-order valence-electron chi connectivity index (χ3n) is 2.12. The molecule has 0 aromatic carbocycles. The molecule has 0 aliphatic rings. The van der Waals surface area contributed by atoms with E-state index in [2.05, 4.69) is 10.3 Å². The highest BCUT2D eigenvalue weighted by atomic mass is 16.5. The van der Waals surface area contributed by atoms with Gasteiger partial charge in [0, 0.05) is 20.3 Å². The lowest BCUT2D eigenvalue weighted by Crippen LogP contribution is -2.15. The topological polar surface area (TPSA) is 83.0 Å². The molecule has 2 N–H and O–H groups in total. The Balaban J connectivity index is 2.75. The number of ether oxygens (including phenoxy) is 1. The van der Waals surface area contributed by atoms with Gasteiger partial charge in [-0.15, -0.1) is 5.10 Å². The number of amides is 1. The summed E-state index contributed by atoms with van der Waals surface area (Å²) in [6.07, 6.45) is 1.53. The number of aromatic nitrogens is 3. The third kappa shape index (κ3) is 2.76. The molecule has 1 amide bonds. The van der Waals surface area contributed by atoms with E-state index < -0.39 is 5.91 Å². The van der Waals surface area contributed by atoms with Crippen molar-refractivity contribution in [2.75, 3.05) is 13.7 Å². The van der Waals surface area contributed by atoms with E-state index in [1.54, 1.807) is 11.8 Å². The van der Waals surface area contributed by atoms with Crippen LogP contribution < -0.4 is 5.73 Å². The summed E-state index contributed by atoms with van der Waals surface area (Å²) in [6, 6.07) is 0. The van der Waals surface area contributed by atoms with Gasteiger partial charge in [-0.05, 0) is 12.8 Å². The molecule has 1 aromatic rings. The van der Waals surface area contributed by atoms with Crippen LogP contribution in [0.1, 0.15) is 29.5 Å². The summed E-state index contributed by atoms with van der Waals surface area (Å²) in [5.41, 5.74) is 6.24. The minimum Gasteiger partial charge on any atom is -0.385 e. The standard InChI is InChI=1S/C9H16N4O2/c1-3-7-8(9(10)14)11-12-13(7)5-4-6-15-2/h3-6H2,1-2H3,(H2,10,14). The van der Waals surface area contributed by atoms with Gasteiger partial charge in [-0.1, -0.05) is 12.1 Å². The van der Waals surface area contributed by atoms with Gasteiger partial charge < -0.3 is 10.5 Å². The van der Waals surface area contributed by atoms with E-state index in [0.29, 0.717) is 19.6 Å². The van der Waals surface area contributed by atoms with Gasteiger partial charge in [-0.2, -0.15) is 0 Å². The molecule has 0 unspecified atom stereocenters. The summed E-state index contributed by atoms with van der Waals surface area (Å²) >= 11 is 0. The highest BCUT2D eigenvalue weighted by Crippen LogP contribution is 2.06. The number of hydrogen-bond donors (Lipinski definition) is 1. The average Bonchev–Trinajstić information content (AvgIpc) is 2.61. The minimum atomic E-state index is -0.523. The van der Waals surface area contributed by atoms with Crippen LogP contribution in [0.5, 0.6) is 0 Å². The first-order chi connectivity index (χ1) is 7.20. The number of methoxy groups -OCH3 is 1. The summed E-state index contributed by atoms with van der Waals surface area (Å²) in [7, 11) is 1.65. The van der Waals surface area contributed by atoms with Crippen molar-refractivity contribution >= 4 is 5.91 Å². The smallest absolute Gasteiger partial charge is 0.271 e. The van der Waals surface area contributed by atoms with E-state index in [9.17, 15) is 4.79 Å². The number of nitrogens with two attached hydrogens (primary N) is 1. The second-order valence-corrected chi connectivity index (χ2v) is 3.17. The van der Waals surface area contributed by atoms with Gasteiger partial charge in [0.05, 0.1) is 5.69 Å². The van der Waals surface area contributed by atoms with Crippen LogP contribution in [0.25, 0.3) is 0 Å². The van der Waals surface area contributed by atoms with Crippen molar-refractivity contribution in [1.29, 1.82) is 0 Å². The van der Waals surface area contributed by atoms with Crippen LogP contribution in [0.3, 0.4) is 0 Å². The van der Waals surface area contributed by atoms with Crippen molar-refractivity contribution in [2.24, 2.45) is 5.73 Å². The highest BCUT2D eigenvalue weighted by Gasteiger charge is 2.14. The second kappa shape index (κ2) is 5.45. The van der Waals surface area contributed by atoms with Gasteiger partial charge >= 0.3 is 0 Å². The molecule has 0 saturated heterocycles. The number of aryl methyl sites for hydroxylation is 1. The molecule has 6 nitrogen and oxygen atoms in total. The van der Waals surface area contributed by atoms with E-state index in [1.807, 2.05) is 6.92 Å². The summed E-state index contributed by atoms with van der Waals surface area (Å²) in [6.45, 7) is 3.30. The predicted octanol–water partition coefficient (Wildman–Crippen LogP) is -0.0241. The molecule has 1 rings (SSSR count). The quantitative estimate of drug-likeness (QED) is 0.671. The third-order valence-corrected chi connectivity index (χ3v) is 2.12. The van der Waals surface area contributed by atoms with Gasteiger partial charge in [-0.25, -0.2) is 4.68 Å². The Bertz CT molecular complexity index is 335. The van der Waals surface area contributed by atoms with Gasteiger partial charge in [0.1, 0.15) is 0 Å². The van der Waals surface area contributed by atoms with Crippen molar-refractivity contribution in [2.45, 2.75) is 26.3 Å². The maximum atomic E-state index is 11.0. The zero-order valence-corrected chi connectivity index (χ0v) is 9.06. The molecule has 0 atom stereocenters. The second-order valence-electron chi connectivity index (χ2n) is 3.17. The number of carbonyl (C=O) groups excluding carboxylic acids is 1. The lowest BCUT2D eigenvalue weighted by molar-refractivity contribution is 0.0994. The summed E-state index contributed by atoms with van der Waals surface area (Å²) in [5, 5.41) is 7.65. The minimum absolute atomic E-state index is 0.273. The number of hydrogen-bond acceptors (Lipinski definition) is 4. The van der Waals surface area contributed by atoms with Crippen LogP contribution in [0, 0.1) is 0 Å². The molecule has 1 heterocycles. The molecule has 1 aromatic heterocycles. The predicted molar refractivity (Wildman–Crippen MR) is 54.4 cm³/mol. The SMILES string of the molecule is CCc1c(C(N)=O)nnn1CCCOC. The van der Waals surface area contributed by atoms with Crippen molar-refractivity contribution in [3.05, 3.63) is 11.4 Å². The largest absolute Gasteiger partial charge is 0.385 e. The Labute approximate surface area is 88.4 Å². The van der Waals surface area contributed by atoms with Crippen molar-refractivity contribution in [3.8, 4) is 0 Å². The zero-order chi connectivity index (χ0) is 11.3. The molecule has 0 saturated carbocycles. The molecular weight excluding hydrogens is 196 g/mol. The Hall–Kier alpha value is -1.43. The fourth-order valence-electron chi connectivity index (χ4n) is 1.41. The van der Waals surface area contributed by atoms with Crippen LogP contribution in [0.2, 0.25) is 0 Å². The van der Waals surface area contributed by atoms with E-state index in [-0.39, 0.29) is 5.69 Å². The van der Waals surface area contributed by atoms with Gasteiger partial charge in [0.2, 0.25) is 0 Å². The first-order valence-corrected chi connectivity index (χ1v) is 4.91. The van der Waals surface area contributed by atoms with Crippen molar-refractivity contribution in [3.63, 3.8) is 0 Å². The zero-order valence-electron chi connectivity index (χ0n) is 9.06. The maximum absolute atomic E-state index is 11.0. The van der Waals surface area contributed by atoms with E-state index in [1.165, 1.54) is 0 Å². The monoisotopic (exact) mass is 212 g/mol. The van der Waals surface area contributed by atoms with Crippen LogP contribution in [-0.4, -0.2) is 34.6 Å². The highest BCUT2D eigenvalue weighted by molar-refractivity contribution is 5.91. The van der Waals surface area contributed by atoms with Gasteiger partial charge in [-0.3, -0.25) is 4.79 Å².